The van der Waals surface area contributed by atoms with Gasteiger partial charge in [0, 0.05) is 0 Å². The third kappa shape index (κ3) is 3.79. The number of para-hydroxylation sites is 1. The molecular formula is C15H11ClFNO3. The van der Waals surface area contributed by atoms with Gasteiger partial charge in [-0.05, 0) is 29.8 Å². The fraction of sp³-hybridized carbons (Fsp3) is 0.0667. The Morgan fingerprint density at radius 2 is 1.90 bits per heavy atom. The maximum Gasteiger partial charge on any atom is 0.337 e. The molecular weight excluding hydrogens is 297 g/mol. The van der Waals surface area contributed by atoms with E-state index < -0.39 is 17.7 Å². The SMILES string of the molecule is O=C(Cc1cccc(F)c1)Nc1c(Cl)cccc1C(=O)O. The van der Waals surface area contributed by atoms with Gasteiger partial charge in [0.25, 0.3) is 0 Å². The molecule has 2 N–H and O–H groups in total. The van der Waals surface area contributed by atoms with Crippen LogP contribution in [0, 0.1) is 5.82 Å². The van der Waals surface area contributed by atoms with E-state index in [1.165, 1.54) is 36.4 Å². The van der Waals surface area contributed by atoms with Crippen molar-refractivity contribution in [3.05, 3.63) is 64.4 Å². The summed E-state index contributed by atoms with van der Waals surface area (Å²) in [4.78, 5) is 23.0. The van der Waals surface area contributed by atoms with Crippen molar-refractivity contribution >= 4 is 29.2 Å². The molecule has 0 aliphatic carbocycles. The summed E-state index contributed by atoms with van der Waals surface area (Å²) in [5.41, 5.74) is 0.416. The molecule has 2 rings (SSSR count). The summed E-state index contributed by atoms with van der Waals surface area (Å²) >= 11 is 5.91. The zero-order valence-corrected chi connectivity index (χ0v) is 11.5. The maximum atomic E-state index is 13.0. The number of hydrogen-bond donors (Lipinski definition) is 2. The average molecular weight is 308 g/mol. The first-order valence-electron chi connectivity index (χ1n) is 6.03. The molecule has 0 unspecified atom stereocenters. The molecule has 0 atom stereocenters. The number of carboxylic acids is 1. The van der Waals surface area contributed by atoms with Crippen LogP contribution in [0.2, 0.25) is 5.02 Å². The van der Waals surface area contributed by atoms with Gasteiger partial charge in [-0.2, -0.15) is 0 Å². The fourth-order valence-electron chi connectivity index (χ4n) is 1.85. The van der Waals surface area contributed by atoms with Crippen LogP contribution in [0.4, 0.5) is 10.1 Å². The van der Waals surface area contributed by atoms with E-state index in [0.29, 0.717) is 5.56 Å². The van der Waals surface area contributed by atoms with Crippen molar-refractivity contribution in [2.45, 2.75) is 6.42 Å². The van der Waals surface area contributed by atoms with Crippen molar-refractivity contribution in [3.63, 3.8) is 0 Å². The molecule has 0 fully saturated rings. The van der Waals surface area contributed by atoms with Crippen LogP contribution in [-0.2, 0) is 11.2 Å². The van der Waals surface area contributed by atoms with Crippen molar-refractivity contribution in [1.82, 2.24) is 0 Å². The normalized spacial score (nSPS) is 10.2. The van der Waals surface area contributed by atoms with Gasteiger partial charge in [-0.25, -0.2) is 9.18 Å². The molecule has 1 amide bonds. The quantitative estimate of drug-likeness (QED) is 0.910. The van der Waals surface area contributed by atoms with Gasteiger partial charge in [0.05, 0.1) is 22.7 Å². The summed E-state index contributed by atoms with van der Waals surface area (Å²) in [5, 5.41) is 11.7. The Morgan fingerprint density at radius 3 is 2.57 bits per heavy atom. The van der Waals surface area contributed by atoms with Crippen LogP contribution in [0.3, 0.4) is 0 Å². The fourth-order valence-corrected chi connectivity index (χ4v) is 2.07. The lowest BCUT2D eigenvalue weighted by Crippen LogP contribution is -2.17. The largest absolute Gasteiger partial charge is 0.478 e. The molecule has 0 saturated heterocycles. The Hall–Kier alpha value is -2.40. The number of benzene rings is 2. The molecule has 0 bridgehead atoms. The Bertz CT molecular complexity index is 703. The summed E-state index contributed by atoms with van der Waals surface area (Å²) in [7, 11) is 0. The Morgan fingerprint density at radius 1 is 1.19 bits per heavy atom. The third-order valence-electron chi connectivity index (χ3n) is 2.76. The number of rotatable bonds is 4. The first-order valence-corrected chi connectivity index (χ1v) is 6.41. The second kappa shape index (κ2) is 6.37. The van der Waals surface area contributed by atoms with Crippen LogP contribution in [0.1, 0.15) is 15.9 Å². The summed E-state index contributed by atoms with van der Waals surface area (Å²) in [5.74, 6) is -2.11. The van der Waals surface area contributed by atoms with Crippen molar-refractivity contribution < 1.29 is 19.1 Å². The van der Waals surface area contributed by atoms with Crippen molar-refractivity contribution in [1.29, 1.82) is 0 Å². The van der Waals surface area contributed by atoms with Crippen LogP contribution >= 0.6 is 11.6 Å². The molecule has 2 aromatic rings. The van der Waals surface area contributed by atoms with Gasteiger partial charge in [0.2, 0.25) is 5.91 Å². The molecule has 0 aliphatic heterocycles. The van der Waals surface area contributed by atoms with Gasteiger partial charge in [0.15, 0.2) is 0 Å². The van der Waals surface area contributed by atoms with Gasteiger partial charge < -0.3 is 10.4 Å². The second-order valence-corrected chi connectivity index (χ2v) is 4.73. The molecule has 0 aromatic heterocycles. The lowest BCUT2D eigenvalue weighted by atomic mass is 10.1. The summed E-state index contributed by atoms with van der Waals surface area (Å²) < 4.78 is 13.0. The molecule has 0 radical (unpaired) electrons. The van der Waals surface area contributed by atoms with E-state index in [0.717, 1.165) is 0 Å². The average Bonchev–Trinajstić information content (AvgIpc) is 2.40. The van der Waals surface area contributed by atoms with Gasteiger partial charge in [-0.1, -0.05) is 29.8 Å². The highest BCUT2D eigenvalue weighted by molar-refractivity contribution is 6.34. The first-order chi connectivity index (χ1) is 9.97. The smallest absolute Gasteiger partial charge is 0.337 e. The monoisotopic (exact) mass is 307 g/mol. The number of nitrogens with one attached hydrogen (secondary N) is 1. The highest BCUT2D eigenvalue weighted by Gasteiger charge is 2.15. The van der Waals surface area contributed by atoms with Crippen LogP contribution in [0.5, 0.6) is 0 Å². The number of amides is 1. The van der Waals surface area contributed by atoms with Gasteiger partial charge >= 0.3 is 5.97 Å². The van der Waals surface area contributed by atoms with Crippen LogP contribution in [-0.4, -0.2) is 17.0 Å². The third-order valence-corrected chi connectivity index (χ3v) is 3.08. The summed E-state index contributed by atoms with van der Waals surface area (Å²) in [6, 6.07) is 9.91. The van der Waals surface area contributed by atoms with E-state index in [9.17, 15) is 14.0 Å². The van der Waals surface area contributed by atoms with Gasteiger partial charge in [-0.3, -0.25) is 4.79 Å². The van der Waals surface area contributed by atoms with Gasteiger partial charge in [-0.15, -0.1) is 0 Å². The molecule has 0 heterocycles. The first kappa shape index (κ1) is 15.0. The topological polar surface area (TPSA) is 66.4 Å². The highest BCUT2D eigenvalue weighted by atomic mass is 35.5. The van der Waals surface area contributed by atoms with Crippen molar-refractivity contribution in [3.8, 4) is 0 Å². The number of aromatic carboxylic acids is 1. The molecule has 2 aromatic carbocycles. The van der Waals surface area contributed by atoms with E-state index in [1.54, 1.807) is 6.07 Å². The van der Waals surface area contributed by atoms with E-state index in [4.69, 9.17) is 16.7 Å². The number of hydrogen-bond acceptors (Lipinski definition) is 2. The van der Waals surface area contributed by atoms with Crippen molar-refractivity contribution in [2.24, 2.45) is 0 Å². The van der Waals surface area contributed by atoms with Crippen LogP contribution in [0.25, 0.3) is 0 Å². The Balaban J connectivity index is 2.18. The molecule has 21 heavy (non-hydrogen) atoms. The summed E-state index contributed by atoms with van der Waals surface area (Å²) in [6.07, 6.45) is -0.0813. The lowest BCUT2D eigenvalue weighted by molar-refractivity contribution is -0.115. The molecule has 4 nitrogen and oxygen atoms in total. The van der Waals surface area contributed by atoms with Crippen LogP contribution < -0.4 is 5.32 Å². The van der Waals surface area contributed by atoms with Gasteiger partial charge in [0.1, 0.15) is 5.82 Å². The number of halogens is 2. The molecule has 0 saturated carbocycles. The molecule has 108 valence electrons. The van der Waals surface area contributed by atoms with E-state index in [2.05, 4.69) is 5.32 Å². The number of carboxylic acid groups (broad SMARTS) is 1. The predicted molar refractivity (Wildman–Crippen MR) is 77.1 cm³/mol. The second-order valence-electron chi connectivity index (χ2n) is 4.32. The maximum absolute atomic E-state index is 13.0. The minimum Gasteiger partial charge on any atom is -0.478 e. The minimum atomic E-state index is -1.20. The van der Waals surface area contributed by atoms with E-state index in [-0.39, 0.29) is 22.7 Å². The standard InChI is InChI=1S/C15H11ClFNO3/c16-12-6-2-5-11(15(20)21)14(12)18-13(19)8-9-3-1-4-10(17)7-9/h1-7H,8H2,(H,18,19)(H,20,21). The zero-order valence-electron chi connectivity index (χ0n) is 10.8. The highest BCUT2D eigenvalue weighted by Crippen LogP contribution is 2.26. The van der Waals surface area contributed by atoms with E-state index >= 15 is 0 Å². The Labute approximate surface area is 125 Å². The molecule has 0 aliphatic rings. The molecule has 0 spiro atoms. The molecule has 6 heteroatoms. The van der Waals surface area contributed by atoms with Crippen LogP contribution in [0.15, 0.2) is 42.5 Å². The Kier molecular flexibility index (Phi) is 4.55. The van der Waals surface area contributed by atoms with E-state index in [1.807, 2.05) is 0 Å². The number of anilines is 1. The number of carbonyl (C=O) groups excluding carboxylic acids is 1. The number of carbonyl (C=O) groups is 2. The predicted octanol–water partition coefficient (Wildman–Crippen LogP) is 3.36. The lowest BCUT2D eigenvalue weighted by Gasteiger charge is -2.10. The minimum absolute atomic E-state index is 0.0352. The zero-order chi connectivity index (χ0) is 15.4. The summed E-state index contributed by atoms with van der Waals surface area (Å²) in [6.45, 7) is 0. The van der Waals surface area contributed by atoms with Crippen molar-refractivity contribution in [2.75, 3.05) is 5.32 Å².